The molecular weight excluding hydrogens is 376 g/mol. The Morgan fingerprint density at radius 2 is 2.08 bits per heavy atom. The SMILES string of the molecule is CCOC(=O)Cn1c(=O)n(-c2cnc(Br)cn2)c2c(C)cccc21. The van der Waals surface area contributed by atoms with Crippen molar-refractivity contribution in [2.75, 3.05) is 6.61 Å². The average Bonchev–Trinajstić information content (AvgIpc) is 2.83. The van der Waals surface area contributed by atoms with E-state index >= 15 is 0 Å². The number of hydrogen-bond donors (Lipinski definition) is 0. The van der Waals surface area contributed by atoms with Crippen LogP contribution in [0.15, 0.2) is 40.0 Å². The molecule has 0 aliphatic rings. The fraction of sp³-hybridized carbons (Fsp3) is 0.250. The lowest BCUT2D eigenvalue weighted by Crippen LogP contribution is -2.27. The van der Waals surface area contributed by atoms with E-state index in [9.17, 15) is 9.59 Å². The van der Waals surface area contributed by atoms with Gasteiger partial charge in [0.05, 0.1) is 30.0 Å². The van der Waals surface area contributed by atoms with Crippen LogP contribution < -0.4 is 5.69 Å². The highest BCUT2D eigenvalue weighted by Crippen LogP contribution is 2.20. The van der Waals surface area contributed by atoms with E-state index < -0.39 is 5.97 Å². The van der Waals surface area contributed by atoms with Crippen molar-refractivity contribution in [1.82, 2.24) is 19.1 Å². The van der Waals surface area contributed by atoms with Crippen molar-refractivity contribution in [3.63, 3.8) is 0 Å². The fourth-order valence-electron chi connectivity index (χ4n) is 2.59. The van der Waals surface area contributed by atoms with Crippen molar-refractivity contribution in [2.45, 2.75) is 20.4 Å². The van der Waals surface area contributed by atoms with E-state index in [1.165, 1.54) is 21.5 Å². The molecule has 0 fully saturated rings. The molecule has 0 bridgehead atoms. The quantitative estimate of drug-likeness (QED) is 0.638. The Bertz CT molecular complexity index is 960. The highest BCUT2D eigenvalue weighted by atomic mass is 79.9. The van der Waals surface area contributed by atoms with Gasteiger partial charge in [-0.25, -0.2) is 19.3 Å². The number of aryl methyl sites for hydroxylation is 1. The number of halogens is 1. The monoisotopic (exact) mass is 390 g/mol. The number of fused-ring (bicyclic) bond motifs is 1. The van der Waals surface area contributed by atoms with Crippen LogP contribution in [-0.4, -0.2) is 31.7 Å². The lowest BCUT2D eigenvalue weighted by molar-refractivity contribution is -0.143. The molecule has 0 atom stereocenters. The Hall–Kier alpha value is -2.48. The molecule has 0 aliphatic heterocycles. The minimum atomic E-state index is -0.456. The number of carbonyl (C=O) groups is 1. The van der Waals surface area contributed by atoms with Crippen LogP contribution in [0.2, 0.25) is 0 Å². The number of aromatic nitrogens is 4. The minimum absolute atomic E-state index is 0.149. The van der Waals surface area contributed by atoms with Crippen molar-refractivity contribution in [2.24, 2.45) is 0 Å². The predicted molar refractivity (Wildman–Crippen MR) is 92.2 cm³/mol. The van der Waals surface area contributed by atoms with Crippen molar-refractivity contribution in [3.8, 4) is 5.82 Å². The lowest BCUT2D eigenvalue weighted by atomic mass is 10.2. The maximum absolute atomic E-state index is 12.9. The van der Waals surface area contributed by atoms with E-state index in [2.05, 4.69) is 25.9 Å². The first kappa shape index (κ1) is 16.4. The van der Waals surface area contributed by atoms with Gasteiger partial charge in [0.1, 0.15) is 11.1 Å². The largest absolute Gasteiger partial charge is 0.465 e. The van der Waals surface area contributed by atoms with E-state index in [-0.39, 0.29) is 18.8 Å². The molecule has 0 N–H and O–H groups in total. The molecule has 1 aromatic carbocycles. The molecule has 0 unspecified atom stereocenters. The van der Waals surface area contributed by atoms with Crippen LogP contribution in [0.4, 0.5) is 0 Å². The van der Waals surface area contributed by atoms with Gasteiger partial charge in [0.15, 0.2) is 5.82 Å². The summed E-state index contributed by atoms with van der Waals surface area (Å²) < 4.78 is 8.40. The summed E-state index contributed by atoms with van der Waals surface area (Å²) in [5.74, 6) is -0.0628. The normalized spacial score (nSPS) is 11.0. The van der Waals surface area contributed by atoms with Crippen LogP contribution in [0.1, 0.15) is 12.5 Å². The van der Waals surface area contributed by atoms with E-state index in [0.717, 1.165) is 5.56 Å². The number of para-hydroxylation sites is 1. The summed E-state index contributed by atoms with van der Waals surface area (Å²) in [6.07, 6.45) is 3.03. The molecule has 3 aromatic rings. The van der Waals surface area contributed by atoms with Gasteiger partial charge in [0.2, 0.25) is 0 Å². The molecule has 0 amide bonds. The van der Waals surface area contributed by atoms with Gasteiger partial charge in [-0.05, 0) is 41.4 Å². The number of ether oxygens (including phenoxy) is 1. The standard InChI is InChI=1S/C16H15BrN4O3/c1-3-24-14(22)9-20-11-6-4-5-10(2)15(11)21(16(20)23)13-8-18-12(17)7-19-13/h4-8H,3,9H2,1-2H3. The first-order valence-electron chi connectivity index (χ1n) is 7.37. The molecule has 0 aliphatic carbocycles. The van der Waals surface area contributed by atoms with Gasteiger partial charge in [-0.1, -0.05) is 12.1 Å². The van der Waals surface area contributed by atoms with Crippen molar-refractivity contribution < 1.29 is 9.53 Å². The van der Waals surface area contributed by atoms with E-state index in [1.807, 2.05) is 19.1 Å². The zero-order chi connectivity index (χ0) is 17.3. The first-order chi connectivity index (χ1) is 11.5. The van der Waals surface area contributed by atoms with Crippen molar-refractivity contribution in [1.29, 1.82) is 0 Å². The van der Waals surface area contributed by atoms with Gasteiger partial charge in [0, 0.05) is 0 Å². The zero-order valence-corrected chi connectivity index (χ0v) is 14.8. The van der Waals surface area contributed by atoms with Crippen LogP contribution in [0.3, 0.4) is 0 Å². The molecular formula is C16H15BrN4O3. The second-order valence-corrected chi connectivity index (χ2v) is 5.96. The third-order valence-corrected chi connectivity index (χ3v) is 3.99. The van der Waals surface area contributed by atoms with E-state index in [1.54, 1.807) is 13.0 Å². The number of imidazole rings is 1. The average molecular weight is 391 g/mol. The Kier molecular flexibility index (Phi) is 4.48. The van der Waals surface area contributed by atoms with E-state index in [4.69, 9.17) is 4.74 Å². The van der Waals surface area contributed by atoms with Crippen molar-refractivity contribution in [3.05, 3.63) is 51.2 Å². The molecule has 2 aromatic heterocycles. The third kappa shape index (κ3) is 2.84. The number of rotatable bonds is 4. The van der Waals surface area contributed by atoms with Gasteiger partial charge in [-0.3, -0.25) is 9.36 Å². The third-order valence-electron chi connectivity index (χ3n) is 3.58. The molecule has 8 heteroatoms. The summed E-state index contributed by atoms with van der Waals surface area (Å²) in [7, 11) is 0. The summed E-state index contributed by atoms with van der Waals surface area (Å²) in [6, 6.07) is 5.54. The smallest absolute Gasteiger partial charge is 0.335 e. The summed E-state index contributed by atoms with van der Waals surface area (Å²) in [4.78, 5) is 33.1. The highest BCUT2D eigenvalue weighted by molar-refractivity contribution is 9.10. The van der Waals surface area contributed by atoms with E-state index in [0.29, 0.717) is 21.5 Å². The number of benzene rings is 1. The van der Waals surface area contributed by atoms with Crippen LogP contribution in [0.5, 0.6) is 0 Å². The summed E-state index contributed by atoms with van der Waals surface area (Å²) in [6.45, 7) is 3.75. The molecule has 0 saturated carbocycles. The molecule has 24 heavy (non-hydrogen) atoms. The van der Waals surface area contributed by atoms with Gasteiger partial charge in [-0.2, -0.15) is 0 Å². The Morgan fingerprint density at radius 3 is 2.75 bits per heavy atom. The van der Waals surface area contributed by atoms with Gasteiger partial charge < -0.3 is 4.74 Å². The highest BCUT2D eigenvalue weighted by Gasteiger charge is 2.19. The Balaban J connectivity index is 2.26. The minimum Gasteiger partial charge on any atom is -0.465 e. The van der Waals surface area contributed by atoms with Gasteiger partial charge >= 0.3 is 11.7 Å². The van der Waals surface area contributed by atoms with Gasteiger partial charge in [0.25, 0.3) is 0 Å². The molecule has 0 saturated heterocycles. The molecule has 124 valence electrons. The summed E-state index contributed by atoms with van der Waals surface area (Å²) in [5, 5.41) is 0. The van der Waals surface area contributed by atoms with Crippen LogP contribution >= 0.6 is 15.9 Å². The zero-order valence-electron chi connectivity index (χ0n) is 13.2. The second kappa shape index (κ2) is 6.56. The molecule has 7 nitrogen and oxygen atoms in total. The summed E-state index contributed by atoms with van der Waals surface area (Å²) >= 11 is 3.23. The van der Waals surface area contributed by atoms with Crippen molar-refractivity contribution >= 4 is 32.9 Å². The number of hydrogen-bond acceptors (Lipinski definition) is 5. The van der Waals surface area contributed by atoms with Crippen LogP contribution in [0, 0.1) is 6.92 Å². The second-order valence-electron chi connectivity index (χ2n) is 5.15. The molecule has 3 rings (SSSR count). The van der Waals surface area contributed by atoms with Crippen LogP contribution in [-0.2, 0) is 16.1 Å². The Morgan fingerprint density at radius 1 is 1.29 bits per heavy atom. The number of esters is 1. The maximum atomic E-state index is 12.9. The lowest BCUT2D eigenvalue weighted by Gasteiger charge is -2.03. The first-order valence-corrected chi connectivity index (χ1v) is 8.16. The Labute approximate surface area is 146 Å². The molecule has 0 radical (unpaired) electrons. The fourth-order valence-corrected chi connectivity index (χ4v) is 2.80. The summed E-state index contributed by atoms with van der Waals surface area (Å²) in [5.41, 5.74) is 1.89. The maximum Gasteiger partial charge on any atom is 0.335 e. The van der Waals surface area contributed by atoms with Gasteiger partial charge in [-0.15, -0.1) is 0 Å². The molecule has 0 spiro atoms. The van der Waals surface area contributed by atoms with Crippen LogP contribution in [0.25, 0.3) is 16.9 Å². The number of nitrogens with zero attached hydrogens (tertiary/aromatic N) is 4. The predicted octanol–water partition coefficient (Wildman–Crippen LogP) is 2.22. The number of carbonyl (C=O) groups excluding carboxylic acids is 1. The topological polar surface area (TPSA) is 79.0 Å². The molecule has 2 heterocycles.